The molecular formula is C19H28N2O7S. The van der Waals surface area contributed by atoms with Gasteiger partial charge in [-0.15, -0.1) is 11.8 Å². The predicted molar refractivity (Wildman–Crippen MR) is 106 cm³/mol. The first-order valence-corrected chi connectivity index (χ1v) is 10.0. The summed E-state index contributed by atoms with van der Waals surface area (Å²) in [5.41, 5.74) is -1.98. The van der Waals surface area contributed by atoms with Gasteiger partial charge in [-0.2, -0.15) is 0 Å². The lowest BCUT2D eigenvalue weighted by atomic mass is 10.0. The van der Waals surface area contributed by atoms with Crippen molar-refractivity contribution in [3.8, 4) is 0 Å². The van der Waals surface area contributed by atoms with Crippen LogP contribution >= 0.6 is 11.8 Å². The van der Waals surface area contributed by atoms with Gasteiger partial charge in [0.15, 0.2) is 0 Å². The number of β-lactam (4-membered cyclic amide) rings is 1. The van der Waals surface area contributed by atoms with E-state index in [4.69, 9.17) is 9.47 Å². The van der Waals surface area contributed by atoms with Gasteiger partial charge in [0.25, 0.3) is 5.91 Å². The quantitative estimate of drug-likeness (QED) is 0.414. The minimum absolute atomic E-state index is 0.368. The number of nitrogens with zero attached hydrogens (tertiary/aromatic N) is 2. The Hall–Kier alpha value is -2.23. The molecule has 0 aromatic carbocycles. The van der Waals surface area contributed by atoms with Crippen molar-refractivity contribution < 1.29 is 33.8 Å². The van der Waals surface area contributed by atoms with Crippen LogP contribution in [0, 0.1) is 0 Å². The van der Waals surface area contributed by atoms with Crippen molar-refractivity contribution in [3.63, 3.8) is 0 Å². The molecule has 0 radical (unpaired) electrons. The summed E-state index contributed by atoms with van der Waals surface area (Å²) < 4.78 is 10.7. The zero-order valence-electron chi connectivity index (χ0n) is 17.9. The Morgan fingerprint density at radius 3 is 2.03 bits per heavy atom. The topological polar surface area (TPSA) is 113 Å². The van der Waals surface area contributed by atoms with Crippen molar-refractivity contribution >= 4 is 35.7 Å². The summed E-state index contributed by atoms with van der Waals surface area (Å²) in [7, 11) is 0. The molecule has 0 aromatic rings. The molecule has 2 unspecified atom stereocenters. The highest BCUT2D eigenvalue weighted by Gasteiger charge is 2.65. The Morgan fingerprint density at radius 2 is 1.59 bits per heavy atom. The molecule has 0 aromatic heterocycles. The van der Waals surface area contributed by atoms with Crippen LogP contribution in [0.2, 0.25) is 0 Å². The molecule has 0 aliphatic carbocycles. The molecule has 2 atom stereocenters. The van der Waals surface area contributed by atoms with E-state index in [2.05, 4.69) is 0 Å². The number of aliphatic carboxylic acids is 1. The second-order valence-electron chi connectivity index (χ2n) is 9.33. The van der Waals surface area contributed by atoms with Gasteiger partial charge < -0.3 is 14.6 Å². The molecule has 162 valence electrons. The number of ether oxygens (including phenoxy) is 2. The van der Waals surface area contributed by atoms with Gasteiger partial charge in [-0.1, -0.05) is 0 Å². The second kappa shape index (κ2) is 7.23. The maximum atomic E-state index is 12.9. The van der Waals surface area contributed by atoms with Crippen LogP contribution in [0.4, 0.5) is 4.79 Å². The minimum atomic E-state index is -1.38. The zero-order valence-corrected chi connectivity index (χ0v) is 18.7. The number of esters is 1. The van der Waals surface area contributed by atoms with Crippen molar-refractivity contribution in [1.82, 2.24) is 9.80 Å². The number of fused-ring (bicyclic) bond motifs is 1. The SMILES string of the molecule is CC(C)(C)OC(=O)C(=CC(=O)O)N1C(=O)C2C1SC(C)(C)N2C(=O)OC(C)(C)C. The number of likely N-dealkylation sites (tertiary alicyclic amines) is 1. The molecule has 10 heteroatoms. The lowest BCUT2D eigenvalue weighted by Crippen LogP contribution is -2.67. The molecule has 2 aliphatic heterocycles. The maximum absolute atomic E-state index is 12.9. The van der Waals surface area contributed by atoms with E-state index in [0.29, 0.717) is 6.08 Å². The number of carbonyl (C=O) groups is 4. The molecule has 2 aliphatic rings. The van der Waals surface area contributed by atoms with Gasteiger partial charge in [0, 0.05) is 0 Å². The minimum Gasteiger partial charge on any atom is -0.478 e. The third-order valence-electron chi connectivity index (χ3n) is 4.00. The van der Waals surface area contributed by atoms with Crippen molar-refractivity contribution in [2.75, 3.05) is 0 Å². The number of hydrogen-bond acceptors (Lipinski definition) is 7. The van der Waals surface area contributed by atoms with Crippen LogP contribution < -0.4 is 0 Å². The van der Waals surface area contributed by atoms with E-state index < -0.39 is 51.4 Å². The molecule has 2 saturated heterocycles. The van der Waals surface area contributed by atoms with Crippen LogP contribution in [-0.4, -0.2) is 66.3 Å². The van der Waals surface area contributed by atoms with Gasteiger partial charge in [0.1, 0.15) is 28.3 Å². The van der Waals surface area contributed by atoms with Gasteiger partial charge in [-0.3, -0.25) is 14.6 Å². The number of thioether (sulfide) groups is 1. The van der Waals surface area contributed by atoms with Gasteiger partial charge in [-0.25, -0.2) is 14.4 Å². The first-order valence-electron chi connectivity index (χ1n) is 9.16. The monoisotopic (exact) mass is 428 g/mol. The normalized spacial score (nSPS) is 24.0. The molecule has 2 heterocycles. The molecule has 0 saturated carbocycles. The molecule has 0 bridgehead atoms. The highest BCUT2D eigenvalue weighted by molar-refractivity contribution is 8.01. The summed E-state index contributed by atoms with van der Waals surface area (Å²) in [5.74, 6) is -2.86. The summed E-state index contributed by atoms with van der Waals surface area (Å²) in [5, 5.41) is 8.56. The van der Waals surface area contributed by atoms with Gasteiger partial charge in [-0.05, 0) is 55.4 Å². The molecule has 9 nitrogen and oxygen atoms in total. The third-order valence-corrected chi connectivity index (χ3v) is 5.48. The second-order valence-corrected chi connectivity index (χ2v) is 11.0. The molecule has 2 rings (SSSR count). The smallest absolute Gasteiger partial charge is 0.412 e. The number of hydrogen-bond donors (Lipinski definition) is 1. The highest BCUT2D eigenvalue weighted by atomic mass is 32.2. The maximum Gasteiger partial charge on any atom is 0.412 e. The molecule has 0 spiro atoms. The van der Waals surface area contributed by atoms with Crippen LogP contribution in [0.1, 0.15) is 55.4 Å². The Bertz CT molecular complexity index is 776. The first kappa shape index (κ1) is 23.1. The predicted octanol–water partition coefficient (Wildman–Crippen LogP) is 2.55. The summed E-state index contributed by atoms with van der Waals surface area (Å²) in [6.45, 7) is 13.6. The number of carboxylic acid groups (broad SMARTS) is 1. The van der Waals surface area contributed by atoms with Crippen LogP contribution in [0.25, 0.3) is 0 Å². The lowest BCUT2D eigenvalue weighted by Gasteiger charge is -2.45. The highest BCUT2D eigenvalue weighted by Crippen LogP contribution is 2.52. The first-order chi connectivity index (χ1) is 12.9. The summed E-state index contributed by atoms with van der Waals surface area (Å²) in [6.07, 6.45) is 0.0165. The summed E-state index contributed by atoms with van der Waals surface area (Å²) in [4.78, 5) is 51.1. The fourth-order valence-electron chi connectivity index (χ4n) is 3.07. The third kappa shape index (κ3) is 4.85. The van der Waals surface area contributed by atoms with E-state index in [-0.39, 0.29) is 5.70 Å². The van der Waals surface area contributed by atoms with E-state index in [9.17, 15) is 24.3 Å². The average Bonchev–Trinajstić information content (AvgIpc) is 2.70. The van der Waals surface area contributed by atoms with Crippen LogP contribution in [-0.2, 0) is 23.9 Å². The molecule has 2 amide bonds. The molecular weight excluding hydrogens is 400 g/mol. The van der Waals surface area contributed by atoms with E-state index in [1.54, 1.807) is 55.4 Å². The van der Waals surface area contributed by atoms with Crippen LogP contribution in [0.3, 0.4) is 0 Å². The zero-order chi connectivity index (χ0) is 22.5. The van der Waals surface area contributed by atoms with E-state index in [1.165, 1.54) is 16.7 Å². The average molecular weight is 429 g/mol. The Labute approximate surface area is 174 Å². The van der Waals surface area contributed by atoms with Crippen molar-refractivity contribution in [1.29, 1.82) is 0 Å². The Morgan fingerprint density at radius 1 is 1.07 bits per heavy atom. The summed E-state index contributed by atoms with van der Waals surface area (Å²) in [6, 6.07) is -0.857. The standard InChI is InChI=1S/C19H28N2O7S/c1-17(2,3)27-15(25)10(9-11(22)23)20-13(24)12-14(20)29-19(7,8)21(12)16(26)28-18(4,5)6/h9,12,14H,1-8H3,(H,22,23). The summed E-state index contributed by atoms with van der Waals surface area (Å²) >= 11 is 1.27. The largest absolute Gasteiger partial charge is 0.478 e. The van der Waals surface area contributed by atoms with Gasteiger partial charge >= 0.3 is 18.0 Å². The fourth-order valence-corrected chi connectivity index (χ4v) is 4.65. The van der Waals surface area contributed by atoms with Crippen molar-refractivity contribution in [2.24, 2.45) is 0 Å². The lowest BCUT2D eigenvalue weighted by molar-refractivity contribution is -0.160. The molecule has 29 heavy (non-hydrogen) atoms. The fraction of sp³-hybridized carbons (Fsp3) is 0.684. The Kier molecular flexibility index (Phi) is 5.75. The van der Waals surface area contributed by atoms with Gasteiger partial charge in [0.05, 0.1) is 10.9 Å². The number of carboxylic acids is 1. The Balaban J connectivity index is 2.35. The van der Waals surface area contributed by atoms with Crippen LogP contribution in [0.5, 0.6) is 0 Å². The van der Waals surface area contributed by atoms with Crippen molar-refractivity contribution in [3.05, 3.63) is 11.8 Å². The van der Waals surface area contributed by atoms with E-state index in [1.807, 2.05) is 0 Å². The number of rotatable bonds is 3. The number of carbonyl (C=O) groups excluding carboxylic acids is 3. The van der Waals surface area contributed by atoms with Crippen LogP contribution in [0.15, 0.2) is 11.8 Å². The molecule has 1 N–H and O–H groups in total. The number of amides is 2. The van der Waals surface area contributed by atoms with Gasteiger partial charge in [0.2, 0.25) is 0 Å². The van der Waals surface area contributed by atoms with Crippen molar-refractivity contribution in [2.45, 2.75) is 82.9 Å². The van der Waals surface area contributed by atoms with E-state index >= 15 is 0 Å². The molecule has 2 fully saturated rings. The van der Waals surface area contributed by atoms with E-state index in [0.717, 1.165) is 4.90 Å².